The van der Waals surface area contributed by atoms with Crippen LogP contribution < -0.4 is 4.89 Å². The van der Waals surface area contributed by atoms with Crippen LogP contribution in [0.3, 0.4) is 0 Å². The molecule has 0 rings (SSSR count). The lowest BCUT2D eigenvalue weighted by atomic mass is 10.0. The molecule has 0 aromatic rings. The van der Waals surface area contributed by atoms with Gasteiger partial charge in [0.1, 0.15) is 19.8 Å². The molecule has 0 aliphatic heterocycles. The summed E-state index contributed by atoms with van der Waals surface area (Å²) in [5.74, 6) is -0.836. The van der Waals surface area contributed by atoms with Gasteiger partial charge in [-0.15, -0.1) is 0 Å². The summed E-state index contributed by atoms with van der Waals surface area (Å²) in [5.41, 5.74) is 0. The van der Waals surface area contributed by atoms with Gasteiger partial charge in [-0.25, -0.2) is 0 Å². The number of ether oxygens (including phenoxy) is 2. The van der Waals surface area contributed by atoms with E-state index >= 15 is 0 Å². The van der Waals surface area contributed by atoms with Gasteiger partial charge in [-0.05, 0) is 77.0 Å². The zero-order valence-corrected chi connectivity index (χ0v) is 49.9. The zero-order valence-electron chi connectivity index (χ0n) is 49.0. The van der Waals surface area contributed by atoms with Crippen LogP contribution >= 0.6 is 7.82 Å². The summed E-state index contributed by atoms with van der Waals surface area (Å²) in [6.45, 7) is 4.13. The smallest absolute Gasteiger partial charge is 0.306 e. The maximum absolute atomic E-state index is 12.8. The topological polar surface area (TPSA) is 111 Å². The van der Waals surface area contributed by atoms with Crippen LogP contribution in [0.15, 0.2) is 60.8 Å². The monoisotopic (exact) mass is 1060 g/mol. The number of quaternary nitrogens is 1. The summed E-state index contributed by atoms with van der Waals surface area (Å²) in [4.78, 5) is 37.9. The Morgan fingerprint density at radius 2 is 0.770 bits per heavy atom. The minimum atomic E-state index is -4.64. The van der Waals surface area contributed by atoms with Crippen LogP contribution in [0.4, 0.5) is 0 Å². The molecule has 0 aliphatic carbocycles. The molecule has 0 heterocycles. The van der Waals surface area contributed by atoms with Crippen molar-refractivity contribution in [2.24, 2.45) is 0 Å². The van der Waals surface area contributed by atoms with Crippen molar-refractivity contribution in [1.82, 2.24) is 0 Å². The average molecular weight is 1060 g/mol. The number of carbonyl (C=O) groups excluding carboxylic acids is 2. The van der Waals surface area contributed by atoms with E-state index in [-0.39, 0.29) is 32.0 Å². The lowest BCUT2D eigenvalue weighted by Gasteiger charge is -2.28. The Morgan fingerprint density at radius 1 is 0.432 bits per heavy atom. The molecule has 0 spiro atoms. The Morgan fingerprint density at radius 3 is 1.15 bits per heavy atom. The lowest BCUT2D eigenvalue weighted by Crippen LogP contribution is -2.37. The molecule has 74 heavy (non-hydrogen) atoms. The largest absolute Gasteiger partial charge is 0.756 e. The van der Waals surface area contributed by atoms with Crippen molar-refractivity contribution in [2.45, 2.75) is 290 Å². The van der Waals surface area contributed by atoms with E-state index in [0.717, 1.165) is 70.6 Å². The van der Waals surface area contributed by atoms with Gasteiger partial charge in [0.15, 0.2) is 6.10 Å². The molecule has 2 atom stereocenters. The van der Waals surface area contributed by atoms with Crippen molar-refractivity contribution >= 4 is 19.8 Å². The maximum atomic E-state index is 12.8. The molecular weight excluding hydrogens is 942 g/mol. The van der Waals surface area contributed by atoms with Gasteiger partial charge in [-0.3, -0.25) is 14.2 Å². The van der Waals surface area contributed by atoms with E-state index in [0.29, 0.717) is 17.4 Å². The molecule has 2 unspecified atom stereocenters. The summed E-state index contributed by atoms with van der Waals surface area (Å²) in [6, 6.07) is 0. The zero-order chi connectivity index (χ0) is 54.2. The Kier molecular flexibility index (Phi) is 53.7. The van der Waals surface area contributed by atoms with Crippen molar-refractivity contribution < 1.29 is 42.1 Å². The third kappa shape index (κ3) is 59.0. The highest BCUT2D eigenvalue weighted by Gasteiger charge is 2.22. The second kappa shape index (κ2) is 55.5. The second-order valence-corrected chi connectivity index (χ2v) is 23.4. The number of hydrogen-bond donors (Lipinski definition) is 0. The van der Waals surface area contributed by atoms with Crippen LogP contribution in [-0.4, -0.2) is 70.0 Å². The van der Waals surface area contributed by atoms with E-state index in [1.807, 2.05) is 21.1 Å². The third-order valence-corrected chi connectivity index (χ3v) is 14.5. The fraction of sp³-hybridized carbons (Fsp3) is 0.812. The van der Waals surface area contributed by atoms with Gasteiger partial charge >= 0.3 is 11.9 Å². The third-order valence-electron chi connectivity index (χ3n) is 13.5. The van der Waals surface area contributed by atoms with Crippen molar-refractivity contribution in [3.05, 3.63) is 60.8 Å². The van der Waals surface area contributed by atoms with Crippen molar-refractivity contribution in [3.8, 4) is 0 Å². The highest BCUT2D eigenvalue weighted by Crippen LogP contribution is 2.38. The minimum Gasteiger partial charge on any atom is -0.756 e. The fourth-order valence-corrected chi connectivity index (χ4v) is 9.49. The van der Waals surface area contributed by atoms with Crippen LogP contribution in [0.1, 0.15) is 284 Å². The van der Waals surface area contributed by atoms with Crippen LogP contribution in [0.2, 0.25) is 0 Å². The molecule has 0 saturated carbocycles. The lowest BCUT2D eigenvalue weighted by molar-refractivity contribution is -0.870. The molecule has 0 N–H and O–H groups in total. The number of nitrogens with zero attached hydrogens (tertiary/aromatic N) is 1. The number of carbonyl (C=O) groups is 2. The van der Waals surface area contributed by atoms with Crippen molar-refractivity contribution in [3.63, 3.8) is 0 Å². The van der Waals surface area contributed by atoms with Crippen LogP contribution in [-0.2, 0) is 32.7 Å². The SMILES string of the molecule is CC/C=C\C/C=C\C/C=C\CCCCCCCCCC(=O)OC(COC(=O)CCCCCCCCCCCCCCCCCCCCCCC/C=C\C/C=C\CCCCCCC)COP(=O)([O-])OCC[N+](C)(C)C. The molecule has 432 valence electrons. The number of unbranched alkanes of at least 4 members (excludes halogenated alkanes) is 33. The summed E-state index contributed by atoms with van der Waals surface area (Å²) in [7, 11) is 1.16. The number of allylic oxidation sites excluding steroid dienone is 10. The molecule has 0 aromatic carbocycles. The van der Waals surface area contributed by atoms with E-state index in [9.17, 15) is 19.0 Å². The maximum Gasteiger partial charge on any atom is 0.306 e. The number of rotatable bonds is 57. The molecule has 0 bridgehead atoms. The number of hydrogen-bond acceptors (Lipinski definition) is 8. The molecule has 0 aliphatic rings. The van der Waals surface area contributed by atoms with Crippen LogP contribution in [0, 0.1) is 0 Å². The summed E-state index contributed by atoms with van der Waals surface area (Å²) in [5, 5.41) is 0. The van der Waals surface area contributed by atoms with Gasteiger partial charge in [0.05, 0.1) is 27.7 Å². The minimum absolute atomic E-state index is 0.0334. The van der Waals surface area contributed by atoms with Crippen LogP contribution in [0.5, 0.6) is 0 Å². The quantitative estimate of drug-likeness (QED) is 0.0195. The summed E-state index contributed by atoms with van der Waals surface area (Å²) in [6.07, 6.45) is 71.5. The summed E-state index contributed by atoms with van der Waals surface area (Å²) >= 11 is 0. The average Bonchev–Trinajstić information content (AvgIpc) is 3.36. The van der Waals surface area contributed by atoms with Gasteiger partial charge in [-0.1, -0.05) is 254 Å². The van der Waals surface area contributed by atoms with Gasteiger partial charge in [0.25, 0.3) is 7.82 Å². The molecule has 0 saturated heterocycles. The van der Waals surface area contributed by atoms with E-state index in [2.05, 4.69) is 74.6 Å². The van der Waals surface area contributed by atoms with Crippen LogP contribution in [0.25, 0.3) is 0 Å². The molecule has 0 fully saturated rings. The first kappa shape index (κ1) is 71.7. The van der Waals surface area contributed by atoms with Crippen molar-refractivity contribution in [2.75, 3.05) is 47.5 Å². The van der Waals surface area contributed by atoms with E-state index in [1.165, 1.54) is 180 Å². The highest BCUT2D eigenvalue weighted by molar-refractivity contribution is 7.45. The number of esters is 2. The Balaban J connectivity index is 4.00. The molecule has 10 heteroatoms. The normalized spacial score (nSPS) is 13.6. The molecule has 0 amide bonds. The van der Waals surface area contributed by atoms with Gasteiger partial charge in [0, 0.05) is 12.8 Å². The Hall–Kier alpha value is -2.29. The van der Waals surface area contributed by atoms with Crippen molar-refractivity contribution in [1.29, 1.82) is 0 Å². The second-order valence-electron chi connectivity index (χ2n) is 22.0. The fourth-order valence-electron chi connectivity index (χ4n) is 8.76. The van der Waals surface area contributed by atoms with E-state index in [4.69, 9.17) is 18.5 Å². The van der Waals surface area contributed by atoms with Gasteiger partial charge in [0.2, 0.25) is 0 Å². The number of likely N-dealkylation sites (N-methyl/N-ethyl adjacent to an activating group) is 1. The molecule has 0 radical (unpaired) electrons. The number of phosphoric ester groups is 1. The first-order valence-electron chi connectivity index (χ1n) is 31.0. The van der Waals surface area contributed by atoms with E-state index in [1.54, 1.807) is 0 Å². The van der Waals surface area contributed by atoms with E-state index < -0.39 is 26.5 Å². The molecular formula is C64H118NO8P. The Bertz CT molecular complexity index is 1430. The number of phosphoric acid groups is 1. The molecule has 0 aromatic heterocycles. The van der Waals surface area contributed by atoms with Gasteiger partial charge < -0.3 is 27.9 Å². The molecule has 9 nitrogen and oxygen atoms in total. The first-order valence-corrected chi connectivity index (χ1v) is 32.5. The Labute approximate surface area is 457 Å². The predicted octanol–water partition coefficient (Wildman–Crippen LogP) is 18.9. The highest BCUT2D eigenvalue weighted by atomic mass is 31.2. The standard InChI is InChI=1S/C64H118NO8P/c1-6-8-10-12-14-16-18-20-22-24-25-26-27-28-29-30-31-32-33-34-35-36-37-38-39-41-42-44-46-48-50-52-54-56-63(66)70-60-62(61-72-74(68,69)71-59-58-65(3,4)5)73-64(67)57-55-53-51-49-47-45-43-40-23-21-19-17-15-13-11-9-7-2/h9,11,15,17-18,20-21,23-25,62H,6-8,10,12-14,16,19,22,26-61H2,1-5H3/b11-9-,17-15-,20-18-,23-21-,25-24-. The summed E-state index contributed by atoms with van der Waals surface area (Å²) < 4.78 is 34.2. The predicted molar refractivity (Wildman–Crippen MR) is 314 cm³/mol. The first-order chi connectivity index (χ1) is 36.0. The van der Waals surface area contributed by atoms with Gasteiger partial charge in [-0.2, -0.15) is 0 Å².